The SMILES string of the molecule is COCCn1c(CN)nnc1-c1ccc(Cl)cc1[N+](=O)[O-]. The molecule has 0 aliphatic rings. The minimum Gasteiger partial charge on any atom is -0.383 e. The molecule has 0 amide bonds. The second-order valence-corrected chi connectivity index (χ2v) is 4.64. The van der Waals surface area contributed by atoms with Gasteiger partial charge in [0.05, 0.1) is 23.6 Å². The highest BCUT2D eigenvalue weighted by molar-refractivity contribution is 6.30. The number of nitrogens with two attached hydrogens (primary N) is 1. The number of hydrogen-bond acceptors (Lipinski definition) is 6. The van der Waals surface area contributed by atoms with E-state index in [1.165, 1.54) is 6.07 Å². The zero-order valence-corrected chi connectivity index (χ0v) is 12.1. The van der Waals surface area contributed by atoms with Crippen LogP contribution in [0.5, 0.6) is 0 Å². The molecular weight excluding hydrogens is 298 g/mol. The quantitative estimate of drug-likeness (QED) is 0.641. The van der Waals surface area contributed by atoms with E-state index in [9.17, 15) is 10.1 Å². The molecule has 1 heterocycles. The van der Waals surface area contributed by atoms with E-state index in [2.05, 4.69) is 10.2 Å². The first-order chi connectivity index (χ1) is 10.1. The number of benzene rings is 1. The van der Waals surface area contributed by atoms with E-state index >= 15 is 0 Å². The number of nitro groups is 1. The second kappa shape index (κ2) is 6.61. The molecule has 0 bridgehead atoms. The minimum absolute atomic E-state index is 0.128. The molecule has 0 aliphatic carbocycles. The van der Waals surface area contributed by atoms with Crippen molar-refractivity contribution in [1.82, 2.24) is 14.8 Å². The van der Waals surface area contributed by atoms with Crippen molar-refractivity contribution in [3.8, 4) is 11.4 Å². The lowest BCUT2D eigenvalue weighted by Crippen LogP contribution is -2.13. The van der Waals surface area contributed by atoms with Gasteiger partial charge in [-0.3, -0.25) is 10.1 Å². The third-order valence-electron chi connectivity index (χ3n) is 2.93. The number of hydrogen-bond donors (Lipinski definition) is 1. The number of aromatic nitrogens is 3. The fourth-order valence-corrected chi connectivity index (χ4v) is 2.11. The summed E-state index contributed by atoms with van der Waals surface area (Å²) >= 11 is 5.82. The van der Waals surface area contributed by atoms with Gasteiger partial charge in [-0.05, 0) is 12.1 Å². The molecule has 1 aromatic carbocycles. The molecule has 0 saturated carbocycles. The van der Waals surface area contributed by atoms with Gasteiger partial charge in [-0.15, -0.1) is 10.2 Å². The van der Waals surface area contributed by atoms with E-state index in [1.807, 2.05) is 0 Å². The maximum Gasteiger partial charge on any atom is 0.281 e. The first-order valence-electron chi connectivity index (χ1n) is 6.14. The summed E-state index contributed by atoms with van der Waals surface area (Å²) in [5.41, 5.74) is 5.83. The Morgan fingerprint density at radius 3 is 2.86 bits per heavy atom. The number of rotatable bonds is 6. The molecule has 0 aliphatic heterocycles. The normalized spacial score (nSPS) is 10.8. The van der Waals surface area contributed by atoms with Crippen LogP contribution in [0.3, 0.4) is 0 Å². The van der Waals surface area contributed by atoms with Crippen LogP contribution >= 0.6 is 11.6 Å². The Labute approximate surface area is 125 Å². The van der Waals surface area contributed by atoms with E-state index < -0.39 is 4.92 Å². The molecule has 1 aromatic heterocycles. The van der Waals surface area contributed by atoms with Gasteiger partial charge in [0.25, 0.3) is 5.69 Å². The van der Waals surface area contributed by atoms with Gasteiger partial charge in [-0.1, -0.05) is 11.6 Å². The zero-order chi connectivity index (χ0) is 15.4. The topological polar surface area (TPSA) is 109 Å². The van der Waals surface area contributed by atoms with Crippen LogP contribution in [0.25, 0.3) is 11.4 Å². The molecule has 0 radical (unpaired) electrons. The monoisotopic (exact) mass is 311 g/mol. The predicted molar refractivity (Wildman–Crippen MR) is 76.9 cm³/mol. The van der Waals surface area contributed by atoms with Gasteiger partial charge in [-0.25, -0.2) is 0 Å². The van der Waals surface area contributed by atoms with Crippen LogP contribution in [0.15, 0.2) is 18.2 Å². The second-order valence-electron chi connectivity index (χ2n) is 4.21. The molecule has 2 N–H and O–H groups in total. The minimum atomic E-state index is -0.501. The lowest BCUT2D eigenvalue weighted by atomic mass is 10.1. The summed E-state index contributed by atoms with van der Waals surface area (Å²) < 4.78 is 6.74. The van der Waals surface area contributed by atoms with Crippen molar-refractivity contribution in [2.75, 3.05) is 13.7 Å². The Balaban J connectivity index is 2.56. The maximum atomic E-state index is 11.2. The molecule has 9 heteroatoms. The summed E-state index contributed by atoms with van der Waals surface area (Å²) in [6.07, 6.45) is 0. The maximum absolute atomic E-state index is 11.2. The van der Waals surface area contributed by atoms with Gasteiger partial charge in [0.15, 0.2) is 5.82 Å². The summed E-state index contributed by atoms with van der Waals surface area (Å²) in [5, 5.41) is 19.5. The third kappa shape index (κ3) is 3.18. The van der Waals surface area contributed by atoms with Gasteiger partial charge in [0, 0.05) is 24.7 Å². The number of methoxy groups -OCH3 is 1. The first-order valence-corrected chi connectivity index (χ1v) is 6.51. The van der Waals surface area contributed by atoms with Crippen LogP contribution in [0.4, 0.5) is 5.69 Å². The van der Waals surface area contributed by atoms with E-state index in [0.29, 0.717) is 30.4 Å². The zero-order valence-electron chi connectivity index (χ0n) is 11.3. The van der Waals surface area contributed by atoms with Crippen LogP contribution in [0.1, 0.15) is 5.82 Å². The summed E-state index contributed by atoms with van der Waals surface area (Å²) in [4.78, 5) is 10.7. The number of nitrogens with zero attached hydrogens (tertiary/aromatic N) is 4. The number of nitro benzene ring substituents is 1. The molecule has 112 valence electrons. The Morgan fingerprint density at radius 2 is 2.24 bits per heavy atom. The van der Waals surface area contributed by atoms with Gasteiger partial charge in [0.1, 0.15) is 5.82 Å². The van der Waals surface area contributed by atoms with Gasteiger partial charge < -0.3 is 15.0 Å². The van der Waals surface area contributed by atoms with Crippen LogP contribution in [-0.2, 0) is 17.8 Å². The molecule has 0 spiro atoms. The smallest absolute Gasteiger partial charge is 0.281 e. The highest BCUT2D eigenvalue weighted by atomic mass is 35.5. The lowest BCUT2D eigenvalue weighted by molar-refractivity contribution is -0.384. The Bertz CT molecular complexity index is 658. The fourth-order valence-electron chi connectivity index (χ4n) is 1.95. The lowest BCUT2D eigenvalue weighted by Gasteiger charge is -2.09. The van der Waals surface area contributed by atoms with Crippen molar-refractivity contribution in [2.24, 2.45) is 5.73 Å². The van der Waals surface area contributed by atoms with Gasteiger partial charge in [0.2, 0.25) is 0 Å². The largest absolute Gasteiger partial charge is 0.383 e. The van der Waals surface area contributed by atoms with E-state index in [1.54, 1.807) is 23.8 Å². The predicted octanol–water partition coefficient (Wildman–Crippen LogP) is 1.61. The summed E-state index contributed by atoms with van der Waals surface area (Å²) in [6.45, 7) is 1.04. The van der Waals surface area contributed by atoms with Crippen molar-refractivity contribution in [3.05, 3.63) is 39.2 Å². The molecule has 0 atom stereocenters. The number of halogens is 1. The molecule has 0 fully saturated rings. The van der Waals surface area contributed by atoms with Crippen LogP contribution in [0, 0.1) is 10.1 Å². The van der Waals surface area contributed by atoms with Crippen LogP contribution in [-0.4, -0.2) is 33.4 Å². The molecule has 0 saturated heterocycles. The average molecular weight is 312 g/mol. The Kier molecular flexibility index (Phi) is 4.84. The van der Waals surface area contributed by atoms with Crippen molar-refractivity contribution in [3.63, 3.8) is 0 Å². The van der Waals surface area contributed by atoms with Crippen molar-refractivity contribution in [1.29, 1.82) is 0 Å². The molecule has 2 aromatic rings. The Hall–Kier alpha value is -2.03. The first kappa shape index (κ1) is 15.4. The molecule has 0 unspecified atom stereocenters. The molecule has 2 rings (SSSR count). The number of ether oxygens (including phenoxy) is 1. The summed E-state index contributed by atoms with van der Waals surface area (Å²) in [7, 11) is 1.57. The summed E-state index contributed by atoms with van der Waals surface area (Å²) in [6, 6.07) is 4.41. The van der Waals surface area contributed by atoms with E-state index in [0.717, 1.165) is 0 Å². The molecular formula is C12H14ClN5O3. The molecule has 21 heavy (non-hydrogen) atoms. The molecule has 8 nitrogen and oxygen atoms in total. The van der Waals surface area contributed by atoms with Crippen molar-refractivity contribution in [2.45, 2.75) is 13.1 Å². The highest BCUT2D eigenvalue weighted by Gasteiger charge is 2.22. The Morgan fingerprint density at radius 1 is 1.48 bits per heavy atom. The fraction of sp³-hybridized carbons (Fsp3) is 0.333. The van der Waals surface area contributed by atoms with E-state index in [-0.39, 0.29) is 17.3 Å². The van der Waals surface area contributed by atoms with Crippen LogP contribution in [0.2, 0.25) is 5.02 Å². The van der Waals surface area contributed by atoms with Gasteiger partial charge in [-0.2, -0.15) is 0 Å². The van der Waals surface area contributed by atoms with E-state index in [4.69, 9.17) is 22.1 Å². The van der Waals surface area contributed by atoms with Crippen molar-refractivity contribution < 1.29 is 9.66 Å². The average Bonchev–Trinajstić information content (AvgIpc) is 2.87. The highest BCUT2D eigenvalue weighted by Crippen LogP contribution is 2.31. The van der Waals surface area contributed by atoms with Gasteiger partial charge >= 0.3 is 0 Å². The summed E-state index contributed by atoms with van der Waals surface area (Å²) in [5.74, 6) is 0.905. The van der Waals surface area contributed by atoms with Crippen LogP contribution < -0.4 is 5.73 Å². The standard InChI is InChI=1S/C12H14ClN5O3/c1-21-5-4-17-11(7-14)15-16-12(17)9-3-2-8(13)6-10(9)18(19)20/h2-3,6H,4-5,7,14H2,1H3. The third-order valence-corrected chi connectivity index (χ3v) is 3.16. The van der Waals surface area contributed by atoms with Crippen molar-refractivity contribution >= 4 is 17.3 Å².